The summed E-state index contributed by atoms with van der Waals surface area (Å²) >= 11 is 0. The first-order valence-electron chi connectivity index (χ1n) is 6.19. The predicted octanol–water partition coefficient (Wildman–Crippen LogP) is 2.32. The molecular weight excluding hydrogens is 232 g/mol. The Labute approximate surface area is 104 Å². The van der Waals surface area contributed by atoms with Crippen LogP contribution in [-0.2, 0) is 5.66 Å². The molecule has 1 aromatic carbocycles. The van der Waals surface area contributed by atoms with Crippen molar-refractivity contribution in [2.75, 3.05) is 0 Å². The molecule has 0 atom stereocenters. The molecule has 1 saturated carbocycles. The van der Waals surface area contributed by atoms with Gasteiger partial charge >= 0.3 is 5.66 Å². The van der Waals surface area contributed by atoms with Gasteiger partial charge in [-0.3, -0.25) is 10.1 Å². The normalized spacial score (nSPS) is 18.9. The van der Waals surface area contributed by atoms with Crippen molar-refractivity contribution in [3.8, 4) is 0 Å². The topological polar surface area (TPSA) is 73.8 Å². The average Bonchev–Trinajstić information content (AvgIpc) is 2.83. The summed E-state index contributed by atoms with van der Waals surface area (Å²) in [6, 6.07) is 7.38. The maximum absolute atomic E-state index is 11.5. The van der Waals surface area contributed by atoms with Crippen LogP contribution in [0, 0.1) is 10.1 Å². The van der Waals surface area contributed by atoms with Gasteiger partial charge in [-0.05, 0) is 25.0 Å². The van der Waals surface area contributed by atoms with Crippen molar-refractivity contribution in [1.29, 1.82) is 0 Å². The number of hydrogen-bond donors (Lipinski definition) is 0. The zero-order valence-electron chi connectivity index (χ0n) is 9.95. The van der Waals surface area contributed by atoms with Crippen molar-refractivity contribution in [2.45, 2.75) is 37.8 Å². The van der Waals surface area contributed by atoms with Crippen LogP contribution in [0.25, 0.3) is 11.0 Å². The third kappa shape index (κ3) is 1.56. The first kappa shape index (κ1) is 11.1. The summed E-state index contributed by atoms with van der Waals surface area (Å²) in [5.74, 6) is 0. The summed E-state index contributed by atoms with van der Waals surface area (Å²) in [5, 5.41) is 20.0. The van der Waals surface area contributed by atoms with E-state index in [1.54, 1.807) is 0 Å². The largest absolute Gasteiger partial charge is 0.329 e. The van der Waals surface area contributed by atoms with Crippen LogP contribution < -0.4 is 0 Å². The smallest absolute Gasteiger partial charge is 0.262 e. The predicted molar refractivity (Wildman–Crippen MR) is 65.6 cm³/mol. The number of aromatic nitrogens is 3. The van der Waals surface area contributed by atoms with Crippen molar-refractivity contribution in [3.05, 3.63) is 34.4 Å². The molecule has 2 aromatic rings. The van der Waals surface area contributed by atoms with E-state index in [-0.39, 0.29) is 4.92 Å². The Balaban J connectivity index is 2.12. The van der Waals surface area contributed by atoms with E-state index in [0.717, 1.165) is 19.3 Å². The van der Waals surface area contributed by atoms with E-state index >= 15 is 0 Å². The molecule has 0 spiro atoms. The molecule has 0 saturated heterocycles. The number of nitro groups is 1. The Bertz CT molecular complexity index is 554. The van der Waals surface area contributed by atoms with Crippen molar-refractivity contribution >= 4 is 11.0 Å². The molecule has 0 radical (unpaired) electrons. The van der Waals surface area contributed by atoms with Crippen LogP contribution in [0.5, 0.6) is 0 Å². The molecule has 1 aliphatic rings. The SMILES string of the molecule is O=[N+]([O-])C1(n2nc3ccccc3n2)CCCCC1. The Morgan fingerprint density at radius 3 is 2.17 bits per heavy atom. The molecule has 1 fully saturated rings. The van der Waals surface area contributed by atoms with Crippen molar-refractivity contribution in [2.24, 2.45) is 0 Å². The molecule has 0 bridgehead atoms. The first-order chi connectivity index (χ1) is 8.72. The second kappa shape index (κ2) is 4.04. The van der Waals surface area contributed by atoms with Crippen LogP contribution >= 0.6 is 0 Å². The molecule has 18 heavy (non-hydrogen) atoms. The van der Waals surface area contributed by atoms with Crippen molar-refractivity contribution < 1.29 is 4.92 Å². The van der Waals surface area contributed by atoms with Gasteiger partial charge in [0, 0.05) is 12.8 Å². The number of rotatable bonds is 2. The van der Waals surface area contributed by atoms with Crippen LogP contribution in [0.2, 0.25) is 0 Å². The third-order valence-corrected chi connectivity index (χ3v) is 3.65. The van der Waals surface area contributed by atoms with E-state index in [1.165, 1.54) is 4.80 Å². The molecule has 0 N–H and O–H groups in total. The monoisotopic (exact) mass is 246 g/mol. The fraction of sp³-hybridized carbons (Fsp3) is 0.500. The standard InChI is InChI=1S/C12H14N4O2/c17-16(18)12(8-4-1-5-9-12)15-13-10-6-2-3-7-11(10)14-15/h2-3,6-7H,1,4-5,8-9H2. The number of hydrogen-bond acceptors (Lipinski definition) is 4. The van der Waals surface area contributed by atoms with E-state index < -0.39 is 5.66 Å². The van der Waals surface area contributed by atoms with Gasteiger partial charge < -0.3 is 0 Å². The molecular formula is C12H14N4O2. The second-order valence-electron chi connectivity index (χ2n) is 4.78. The van der Waals surface area contributed by atoms with Crippen LogP contribution in [0.3, 0.4) is 0 Å². The van der Waals surface area contributed by atoms with Gasteiger partial charge in [0.05, 0.1) is 4.92 Å². The molecule has 0 amide bonds. The van der Waals surface area contributed by atoms with Crippen molar-refractivity contribution in [3.63, 3.8) is 0 Å². The van der Waals surface area contributed by atoms with Gasteiger partial charge in [0.2, 0.25) is 0 Å². The van der Waals surface area contributed by atoms with E-state index in [0.29, 0.717) is 23.9 Å². The maximum atomic E-state index is 11.5. The van der Waals surface area contributed by atoms with Gasteiger partial charge in [0.25, 0.3) is 0 Å². The van der Waals surface area contributed by atoms with Crippen LogP contribution in [-0.4, -0.2) is 19.9 Å². The van der Waals surface area contributed by atoms with Gasteiger partial charge in [-0.25, -0.2) is 0 Å². The quantitative estimate of drug-likeness (QED) is 0.602. The zero-order chi connectivity index (χ0) is 12.6. The highest BCUT2D eigenvalue weighted by atomic mass is 16.6. The van der Waals surface area contributed by atoms with E-state index in [2.05, 4.69) is 10.2 Å². The summed E-state index contributed by atoms with van der Waals surface area (Å²) in [7, 11) is 0. The second-order valence-corrected chi connectivity index (χ2v) is 4.78. The molecule has 1 heterocycles. The summed E-state index contributed by atoms with van der Waals surface area (Å²) < 4.78 is 0. The number of fused-ring (bicyclic) bond motifs is 1. The Morgan fingerprint density at radius 1 is 1.11 bits per heavy atom. The lowest BCUT2D eigenvalue weighted by Gasteiger charge is -2.27. The highest BCUT2D eigenvalue weighted by Crippen LogP contribution is 2.34. The molecule has 0 aliphatic heterocycles. The molecule has 1 aliphatic carbocycles. The van der Waals surface area contributed by atoms with Gasteiger partial charge in [-0.1, -0.05) is 18.6 Å². The average molecular weight is 246 g/mol. The Morgan fingerprint density at radius 2 is 1.67 bits per heavy atom. The summed E-state index contributed by atoms with van der Waals surface area (Å²) in [6.07, 6.45) is 3.80. The lowest BCUT2D eigenvalue weighted by Crippen LogP contribution is -2.44. The van der Waals surface area contributed by atoms with Crippen LogP contribution in [0.15, 0.2) is 24.3 Å². The maximum Gasteiger partial charge on any atom is 0.329 e. The summed E-state index contributed by atoms with van der Waals surface area (Å²) in [5.41, 5.74) is 0.283. The number of nitrogens with zero attached hydrogens (tertiary/aromatic N) is 4. The van der Waals surface area contributed by atoms with Gasteiger partial charge in [-0.2, -0.15) is 0 Å². The molecule has 0 unspecified atom stereocenters. The first-order valence-corrected chi connectivity index (χ1v) is 6.19. The van der Waals surface area contributed by atoms with E-state index in [9.17, 15) is 10.1 Å². The lowest BCUT2D eigenvalue weighted by molar-refractivity contribution is -0.611. The molecule has 94 valence electrons. The fourth-order valence-corrected chi connectivity index (χ4v) is 2.62. The highest BCUT2D eigenvalue weighted by Gasteiger charge is 2.47. The molecule has 1 aromatic heterocycles. The zero-order valence-corrected chi connectivity index (χ0v) is 9.95. The number of benzene rings is 1. The fourth-order valence-electron chi connectivity index (χ4n) is 2.62. The Hall–Kier alpha value is -1.98. The minimum atomic E-state index is -1.14. The molecule has 6 heteroatoms. The van der Waals surface area contributed by atoms with E-state index in [1.807, 2.05) is 24.3 Å². The third-order valence-electron chi connectivity index (χ3n) is 3.65. The van der Waals surface area contributed by atoms with Crippen LogP contribution in [0.4, 0.5) is 0 Å². The Kier molecular flexibility index (Phi) is 2.50. The molecule has 3 rings (SSSR count). The van der Waals surface area contributed by atoms with Crippen molar-refractivity contribution in [1.82, 2.24) is 15.0 Å². The van der Waals surface area contributed by atoms with Gasteiger partial charge in [0.1, 0.15) is 11.0 Å². The lowest BCUT2D eigenvalue weighted by atomic mass is 9.90. The molecule has 6 nitrogen and oxygen atoms in total. The van der Waals surface area contributed by atoms with Crippen LogP contribution in [0.1, 0.15) is 32.1 Å². The van der Waals surface area contributed by atoms with Gasteiger partial charge in [-0.15, -0.1) is 15.0 Å². The summed E-state index contributed by atoms with van der Waals surface area (Å²) in [6.45, 7) is 0. The summed E-state index contributed by atoms with van der Waals surface area (Å²) in [4.78, 5) is 12.6. The highest BCUT2D eigenvalue weighted by molar-refractivity contribution is 5.73. The van der Waals surface area contributed by atoms with E-state index in [4.69, 9.17) is 0 Å². The minimum Gasteiger partial charge on any atom is -0.262 e. The van der Waals surface area contributed by atoms with Gasteiger partial charge in [0.15, 0.2) is 0 Å². The minimum absolute atomic E-state index is 0.217.